The molecule has 0 amide bonds. The van der Waals surface area contributed by atoms with Crippen molar-refractivity contribution >= 4 is 0 Å². The summed E-state index contributed by atoms with van der Waals surface area (Å²) in [6.45, 7) is 1.16. The minimum absolute atomic E-state index is 0.348. The highest BCUT2D eigenvalue weighted by molar-refractivity contribution is 5.34. The number of hydrogen-bond donors (Lipinski definition) is 1. The van der Waals surface area contributed by atoms with Gasteiger partial charge in [0.1, 0.15) is 5.75 Å². The van der Waals surface area contributed by atoms with Gasteiger partial charge in [-0.3, -0.25) is 4.90 Å². The fourth-order valence-electron chi connectivity index (χ4n) is 3.21. The second-order valence-corrected chi connectivity index (χ2v) is 5.63. The van der Waals surface area contributed by atoms with Gasteiger partial charge in [-0.05, 0) is 56.0 Å². The van der Waals surface area contributed by atoms with E-state index in [0.717, 1.165) is 25.8 Å². The normalized spacial score (nSPS) is 23.5. The Labute approximate surface area is 115 Å². The summed E-state index contributed by atoms with van der Waals surface area (Å²) < 4.78 is 0. The lowest BCUT2D eigenvalue weighted by molar-refractivity contribution is 0.250. The van der Waals surface area contributed by atoms with E-state index in [-0.39, 0.29) is 0 Å². The van der Waals surface area contributed by atoms with Gasteiger partial charge in [-0.15, -0.1) is 0 Å². The average Bonchev–Trinajstić information content (AvgIpc) is 2.44. The summed E-state index contributed by atoms with van der Waals surface area (Å²) in [7, 11) is 2.23. The molecule has 19 heavy (non-hydrogen) atoms. The molecule has 0 radical (unpaired) electrons. The molecular weight excluding hydrogens is 234 g/mol. The maximum absolute atomic E-state index is 9.37. The minimum atomic E-state index is 0.348. The Morgan fingerprint density at radius 2 is 1.89 bits per heavy atom. The Kier molecular flexibility index (Phi) is 3.43. The van der Waals surface area contributed by atoms with E-state index in [9.17, 15) is 5.11 Å². The monoisotopic (exact) mass is 255 g/mol. The Morgan fingerprint density at radius 1 is 1.16 bits per heavy atom. The number of phenols is 1. The molecule has 2 nitrogen and oxygen atoms in total. The first-order valence-corrected chi connectivity index (χ1v) is 7.08. The number of nitrogens with zero attached hydrogens (tertiary/aromatic N) is 1. The van der Waals surface area contributed by atoms with Crippen LogP contribution in [-0.4, -0.2) is 29.6 Å². The fraction of sp³-hybridized carbons (Fsp3) is 0.412. The smallest absolute Gasteiger partial charge is 0.115 e. The second-order valence-electron chi connectivity index (χ2n) is 5.63. The van der Waals surface area contributed by atoms with Crippen LogP contribution in [0.1, 0.15) is 24.8 Å². The Balaban J connectivity index is 1.83. The lowest BCUT2D eigenvalue weighted by atomic mass is 9.83. The standard InChI is InChI=1S/C17H21NO/c1-18-11-10-14-4-2-3-5-16(14)17(18)12-13-6-8-15(19)9-7-13/h2-3,6-9,17,19H,4-5,10-12H2,1H3. The molecule has 0 saturated carbocycles. The highest BCUT2D eigenvalue weighted by Gasteiger charge is 2.27. The zero-order chi connectivity index (χ0) is 13.2. The number of hydrogen-bond acceptors (Lipinski definition) is 2. The van der Waals surface area contributed by atoms with E-state index in [1.54, 1.807) is 23.3 Å². The van der Waals surface area contributed by atoms with Gasteiger partial charge in [0.25, 0.3) is 0 Å². The molecule has 1 N–H and O–H groups in total. The van der Waals surface area contributed by atoms with E-state index in [0.29, 0.717) is 11.8 Å². The van der Waals surface area contributed by atoms with Crippen LogP contribution >= 0.6 is 0 Å². The van der Waals surface area contributed by atoms with E-state index >= 15 is 0 Å². The molecule has 1 unspecified atom stereocenters. The third kappa shape index (κ3) is 2.59. The SMILES string of the molecule is CN1CCC2=C(CC=CC2)C1Cc1ccc(O)cc1. The average molecular weight is 255 g/mol. The van der Waals surface area contributed by atoms with E-state index in [2.05, 4.69) is 24.1 Å². The van der Waals surface area contributed by atoms with Crippen LogP contribution in [0.3, 0.4) is 0 Å². The van der Waals surface area contributed by atoms with Gasteiger partial charge in [0.2, 0.25) is 0 Å². The van der Waals surface area contributed by atoms with Crippen LogP contribution in [0.5, 0.6) is 5.75 Å². The molecule has 1 heterocycles. The molecule has 2 aliphatic rings. The highest BCUT2D eigenvalue weighted by atomic mass is 16.3. The third-order valence-corrected chi connectivity index (χ3v) is 4.39. The summed E-state index contributed by atoms with van der Waals surface area (Å²) in [6, 6.07) is 8.17. The van der Waals surface area contributed by atoms with E-state index in [4.69, 9.17) is 0 Å². The van der Waals surface area contributed by atoms with Gasteiger partial charge in [-0.25, -0.2) is 0 Å². The summed E-state index contributed by atoms with van der Waals surface area (Å²) in [4.78, 5) is 2.48. The molecule has 1 aromatic rings. The van der Waals surface area contributed by atoms with E-state index < -0.39 is 0 Å². The van der Waals surface area contributed by atoms with Gasteiger partial charge in [-0.2, -0.15) is 0 Å². The molecule has 0 bridgehead atoms. The number of allylic oxidation sites excluding steroid dienone is 2. The largest absolute Gasteiger partial charge is 0.508 e. The van der Waals surface area contributed by atoms with Crippen LogP contribution in [0.4, 0.5) is 0 Å². The van der Waals surface area contributed by atoms with E-state index in [1.807, 2.05) is 12.1 Å². The molecule has 3 rings (SSSR count). The number of rotatable bonds is 2. The first kappa shape index (κ1) is 12.5. The van der Waals surface area contributed by atoms with Crippen molar-refractivity contribution in [2.24, 2.45) is 0 Å². The zero-order valence-corrected chi connectivity index (χ0v) is 11.5. The maximum Gasteiger partial charge on any atom is 0.115 e. The molecule has 1 aliphatic heterocycles. The third-order valence-electron chi connectivity index (χ3n) is 4.39. The minimum Gasteiger partial charge on any atom is -0.508 e. The number of likely N-dealkylation sites (N-methyl/N-ethyl adjacent to an activating group) is 1. The van der Waals surface area contributed by atoms with Crippen molar-refractivity contribution < 1.29 is 5.11 Å². The number of phenolic OH excluding ortho intramolecular Hbond substituents is 1. The van der Waals surface area contributed by atoms with Gasteiger partial charge in [0, 0.05) is 12.6 Å². The summed E-state index contributed by atoms with van der Waals surface area (Å²) in [5.41, 5.74) is 4.59. The molecule has 1 atom stereocenters. The molecule has 0 saturated heterocycles. The Hall–Kier alpha value is -1.54. The topological polar surface area (TPSA) is 23.5 Å². The first-order chi connectivity index (χ1) is 9.24. The molecule has 0 spiro atoms. The fourth-order valence-corrected chi connectivity index (χ4v) is 3.21. The zero-order valence-electron chi connectivity index (χ0n) is 11.5. The van der Waals surface area contributed by atoms with Gasteiger partial charge >= 0.3 is 0 Å². The molecule has 0 aromatic heterocycles. The van der Waals surface area contributed by atoms with Gasteiger partial charge in [0.05, 0.1) is 0 Å². The summed E-state index contributed by atoms with van der Waals surface area (Å²) in [5, 5.41) is 9.37. The maximum atomic E-state index is 9.37. The summed E-state index contributed by atoms with van der Waals surface area (Å²) in [5.74, 6) is 0.348. The molecule has 1 aliphatic carbocycles. The molecule has 0 fully saturated rings. The first-order valence-electron chi connectivity index (χ1n) is 7.08. The molecule has 2 heteroatoms. The van der Waals surface area contributed by atoms with Crippen LogP contribution in [-0.2, 0) is 6.42 Å². The van der Waals surface area contributed by atoms with Crippen molar-refractivity contribution in [3.63, 3.8) is 0 Å². The molecular formula is C17H21NO. The van der Waals surface area contributed by atoms with Crippen LogP contribution < -0.4 is 0 Å². The molecule has 1 aromatic carbocycles. The predicted octanol–water partition coefficient (Wildman–Crippen LogP) is 3.29. The Bertz CT molecular complexity index is 513. The van der Waals surface area contributed by atoms with Crippen molar-refractivity contribution in [2.45, 2.75) is 31.7 Å². The van der Waals surface area contributed by atoms with E-state index in [1.165, 1.54) is 12.0 Å². The lowest BCUT2D eigenvalue weighted by Crippen LogP contribution is -2.40. The van der Waals surface area contributed by atoms with Gasteiger partial charge < -0.3 is 5.11 Å². The van der Waals surface area contributed by atoms with Crippen molar-refractivity contribution in [1.29, 1.82) is 0 Å². The second kappa shape index (κ2) is 5.22. The van der Waals surface area contributed by atoms with Crippen LogP contribution in [0.25, 0.3) is 0 Å². The van der Waals surface area contributed by atoms with Crippen LogP contribution in [0, 0.1) is 0 Å². The number of benzene rings is 1. The van der Waals surface area contributed by atoms with Crippen LogP contribution in [0.15, 0.2) is 47.6 Å². The lowest BCUT2D eigenvalue weighted by Gasteiger charge is -2.37. The highest BCUT2D eigenvalue weighted by Crippen LogP contribution is 2.33. The van der Waals surface area contributed by atoms with Crippen molar-refractivity contribution in [1.82, 2.24) is 4.90 Å². The predicted molar refractivity (Wildman–Crippen MR) is 78.2 cm³/mol. The quantitative estimate of drug-likeness (QED) is 0.820. The summed E-state index contributed by atoms with van der Waals surface area (Å²) >= 11 is 0. The van der Waals surface area contributed by atoms with Crippen molar-refractivity contribution in [2.75, 3.05) is 13.6 Å². The van der Waals surface area contributed by atoms with Crippen LogP contribution in [0.2, 0.25) is 0 Å². The summed E-state index contributed by atoms with van der Waals surface area (Å²) in [6.07, 6.45) is 9.15. The Morgan fingerprint density at radius 3 is 2.68 bits per heavy atom. The van der Waals surface area contributed by atoms with Gasteiger partial charge in [-0.1, -0.05) is 29.9 Å². The van der Waals surface area contributed by atoms with Gasteiger partial charge in [0.15, 0.2) is 0 Å². The van der Waals surface area contributed by atoms with Crippen molar-refractivity contribution in [3.8, 4) is 5.75 Å². The van der Waals surface area contributed by atoms with Crippen molar-refractivity contribution in [3.05, 3.63) is 53.1 Å². The molecule has 100 valence electrons. The number of aromatic hydroxyl groups is 1.